The lowest BCUT2D eigenvalue weighted by atomic mass is 10.1. The van der Waals surface area contributed by atoms with Gasteiger partial charge in [-0.3, -0.25) is 0 Å². The van der Waals surface area contributed by atoms with Gasteiger partial charge in [-0.05, 0) is 71.5 Å². The second-order valence-corrected chi connectivity index (χ2v) is 8.79. The van der Waals surface area contributed by atoms with E-state index in [0.29, 0.717) is 25.3 Å². The number of ether oxygens (including phenoxy) is 2. The molecule has 2 heterocycles. The smallest absolute Gasteiger partial charge is 0.329 e. The highest BCUT2D eigenvalue weighted by Gasteiger charge is 2.21. The molecule has 0 aliphatic rings. The van der Waals surface area contributed by atoms with Gasteiger partial charge in [0.1, 0.15) is 17.6 Å². The standard InChI is InChI=1S/C26H25IN2O4/c1-18-22(28-25(33-18)20-8-4-3-5-9-20)12-15-32-24-11-10-19(16-21(24)27)17-23(26(30)31-2)29-13-6-7-14-29/h3-11,13-14,16,23H,12,15,17H2,1-2H3. The summed E-state index contributed by atoms with van der Waals surface area (Å²) in [5.74, 6) is 1.98. The van der Waals surface area contributed by atoms with Crippen molar-refractivity contribution in [1.82, 2.24) is 9.55 Å². The first kappa shape index (κ1) is 23.1. The zero-order valence-electron chi connectivity index (χ0n) is 18.5. The van der Waals surface area contributed by atoms with Crippen LogP contribution in [-0.2, 0) is 22.4 Å². The summed E-state index contributed by atoms with van der Waals surface area (Å²) in [6.45, 7) is 2.42. The van der Waals surface area contributed by atoms with Crippen molar-refractivity contribution < 1.29 is 18.7 Å². The van der Waals surface area contributed by atoms with Crippen LogP contribution in [-0.4, -0.2) is 29.2 Å². The fourth-order valence-electron chi connectivity index (χ4n) is 3.64. The molecule has 33 heavy (non-hydrogen) atoms. The molecule has 1 unspecified atom stereocenters. The summed E-state index contributed by atoms with van der Waals surface area (Å²) >= 11 is 2.26. The van der Waals surface area contributed by atoms with Crippen molar-refractivity contribution in [2.45, 2.75) is 25.8 Å². The summed E-state index contributed by atoms with van der Waals surface area (Å²) in [7, 11) is 1.42. The number of esters is 1. The average molecular weight is 556 g/mol. The van der Waals surface area contributed by atoms with Gasteiger partial charge in [0.15, 0.2) is 0 Å². The van der Waals surface area contributed by atoms with Crippen molar-refractivity contribution in [3.05, 3.63) is 93.6 Å². The first-order valence-corrected chi connectivity index (χ1v) is 11.8. The van der Waals surface area contributed by atoms with E-state index in [0.717, 1.165) is 31.9 Å². The summed E-state index contributed by atoms with van der Waals surface area (Å²) in [6.07, 6.45) is 4.94. The molecule has 0 saturated heterocycles. The molecular formula is C26H25IN2O4. The van der Waals surface area contributed by atoms with Crippen LogP contribution >= 0.6 is 22.6 Å². The Bertz CT molecular complexity index is 1200. The number of aromatic nitrogens is 2. The molecule has 0 amide bonds. The Balaban J connectivity index is 1.38. The number of benzene rings is 2. The van der Waals surface area contributed by atoms with E-state index in [9.17, 15) is 4.79 Å². The molecule has 0 saturated carbocycles. The van der Waals surface area contributed by atoms with Crippen LogP contribution in [0.25, 0.3) is 11.5 Å². The van der Waals surface area contributed by atoms with Gasteiger partial charge in [-0.25, -0.2) is 9.78 Å². The molecule has 7 heteroatoms. The molecule has 0 spiro atoms. The second-order valence-electron chi connectivity index (χ2n) is 7.62. The van der Waals surface area contributed by atoms with Crippen LogP contribution in [0, 0.1) is 10.5 Å². The minimum atomic E-state index is -0.401. The molecule has 0 aliphatic carbocycles. The Labute approximate surface area is 206 Å². The summed E-state index contributed by atoms with van der Waals surface area (Å²) < 4.78 is 19.7. The van der Waals surface area contributed by atoms with Crippen LogP contribution < -0.4 is 4.74 Å². The third-order valence-corrected chi connectivity index (χ3v) is 6.24. The molecule has 1 atom stereocenters. The van der Waals surface area contributed by atoms with Crippen LogP contribution in [0.2, 0.25) is 0 Å². The molecule has 2 aromatic carbocycles. The monoisotopic (exact) mass is 556 g/mol. The highest BCUT2D eigenvalue weighted by Crippen LogP contribution is 2.26. The van der Waals surface area contributed by atoms with Gasteiger partial charge in [0, 0.05) is 30.8 Å². The predicted octanol–water partition coefficient (Wildman–Crippen LogP) is 5.63. The van der Waals surface area contributed by atoms with Crippen LogP contribution in [0.1, 0.15) is 23.1 Å². The zero-order valence-corrected chi connectivity index (χ0v) is 20.7. The number of carbonyl (C=O) groups excluding carboxylic acids is 1. The maximum absolute atomic E-state index is 12.3. The van der Waals surface area contributed by atoms with Gasteiger partial charge in [0.2, 0.25) is 5.89 Å². The van der Waals surface area contributed by atoms with E-state index >= 15 is 0 Å². The Morgan fingerprint density at radius 2 is 1.88 bits per heavy atom. The van der Waals surface area contributed by atoms with Gasteiger partial charge in [-0.2, -0.15) is 0 Å². The fourth-order valence-corrected chi connectivity index (χ4v) is 4.37. The summed E-state index contributed by atoms with van der Waals surface area (Å²) in [5.41, 5.74) is 2.90. The number of carbonyl (C=O) groups is 1. The lowest BCUT2D eigenvalue weighted by molar-refractivity contribution is -0.144. The molecule has 2 aromatic heterocycles. The van der Waals surface area contributed by atoms with Gasteiger partial charge in [0.25, 0.3) is 0 Å². The molecule has 0 N–H and O–H groups in total. The quantitative estimate of drug-likeness (QED) is 0.197. The molecule has 6 nitrogen and oxygen atoms in total. The van der Waals surface area contributed by atoms with Crippen LogP contribution in [0.3, 0.4) is 0 Å². The molecule has 170 valence electrons. The van der Waals surface area contributed by atoms with Gasteiger partial charge >= 0.3 is 5.97 Å². The van der Waals surface area contributed by atoms with E-state index in [2.05, 4.69) is 27.6 Å². The Hall–Kier alpha value is -3.07. The van der Waals surface area contributed by atoms with Crippen molar-refractivity contribution in [3.63, 3.8) is 0 Å². The Kier molecular flexibility index (Phi) is 7.49. The van der Waals surface area contributed by atoms with E-state index in [-0.39, 0.29) is 5.97 Å². The van der Waals surface area contributed by atoms with Crippen molar-refractivity contribution in [1.29, 1.82) is 0 Å². The maximum Gasteiger partial charge on any atom is 0.329 e. The van der Waals surface area contributed by atoms with Crippen molar-refractivity contribution in [2.24, 2.45) is 0 Å². The van der Waals surface area contributed by atoms with Gasteiger partial charge < -0.3 is 18.5 Å². The minimum absolute atomic E-state index is 0.264. The van der Waals surface area contributed by atoms with Crippen molar-refractivity contribution in [3.8, 4) is 17.2 Å². The number of rotatable bonds is 9. The third-order valence-electron chi connectivity index (χ3n) is 5.40. The van der Waals surface area contributed by atoms with E-state index in [1.807, 2.05) is 84.5 Å². The maximum atomic E-state index is 12.3. The molecule has 0 aliphatic heterocycles. The highest BCUT2D eigenvalue weighted by atomic mass is 127. The fraction of sp³-hybridized carbons (Fsp3) is 0.231. The molecule has 0 fully saturated rings. The number of oxazole rings is 1. The number of nitrogens with zero attached hydrogens (tertiary/aromatic N) is 2. The number of hydrogen-bond acceptors (Lipinski definition) is 5. The second kappa shape index (κ2) is 10.7. The van der Waals surface area contributed by atoms with Gasteiger partial charge in [0.05, 0.1) is 23.0 Å². The molecule has 0 bridgehead atoms. The first-order valence-electron chi connectivity index (χ1n) is 10.7. The lowest BCUT2D eigenvalue weighted by Gasteiger charge is -2.17. The topological polar surface area (TPSA) is 66.5 Å². The molecular weight excluding hydrogens is 531 g/mol. The normalized spacial score (nSPS) is 11.8. The minimum Gasteiger partial charge on any atom is -0.492 e. The summed E-state index contributed by atoms with van der Waals surface area (Å²) in [4.78, 5) is 16.9. The van der Waals surface area contributed by atoms with E-state index in [1.54, 1.807) is 0 Å². The molecule has 4 rings (SSSR count). The van der Waals surface area contributed by atoms with Crippen molar-refractivity contribution in [2.75, 3.05) is 13.7 Å². The predicted molar refractivity (Wildman–Crippen MR) is 134 cm³/mol. The van der Waals surface area contributed by atoms with E-state index < -0.39 is 6.04 Å². The van der Waals surface area contributed by atoms with Crippen LogP contribution in [0.15, 0.2) is 77.5 Å². The number of halogens is 1. The Morgan fingerprint density at radius 1 is 1.12 bits per heavy atom. The SMILES string of the molecule is COC(=O)C(Cc1ccc(OCCc2nc(-c3ccccc3)oc2C)c(I)c1)n1cccc1. The highest BCUT2D eigenvalue weighted by molar-refractivity contribution is 14.1. The van der Waals surface area contributed by atoms with Crippen LogP contribution in [0.4, 0.5) is 0 Å². The first-order chi connectivity index (χ1) is 16.0. The van der Waals surface area contributed by atoms with Crippen LogP contribution in [0.5, 0.6) is 5.75 Å². The number of methoxy groups -OCH3 is 1. The van der Waals surface area contributed by atoms with E-state index in [4.69, 9.17) is 13.9 Å². The number of hydrogen-bond donors (Lipinski definition) is 0. The van der Waals surface area contributed by atoms with Gasteiger partial charge in [-0.1, -0.05) is 24.3 Å². The summed E-state index contributed by atoms with van der Waals surface area (Å²) in [6, 6.07) is 19.3. The Morgan fingerprint density at radius 3 is 2.58 bits per heavy atom. The van der Waals surface area contributed by atoms with E-state index in [1.165, 1.54) is 7.11 Å². The third kappa shape index (κ3) is 5.65. The molecule has 0 radical (unpaired) electrons. The lowest BCUT2D eigenvalue weighted by Crippen LogP contribution is -2.22. The summed E-state index contributed by atoms with van der Waals surface area (Å²) in [5, 5.41) is 0. The average Bonchev–Trinajstić information content (AvgIpc) is 3.49. The number of aryl methyl sites for hydroxylation is 1. The van der Waals surface area contributed by atoms with Crippen molar-refractivity contribution >= 4 is 28.6 Å². The van der Waals surface area contributed by atoms with Gasteiger partial charge in [-0.15, -0.1) is 0 Å². The molecule has 4 aromatic rings. The zero-order chi connectivity index (χ0) is 23.2. The largest absolute Gasteiger partial charge is 0.492 e.